The Morgan fingerprint density at radius 1 is 1.33 bits per heavy atom. The lowest BCUT2D eigenvalue weighted by molar-refractivity contribution is -0.116. The molecule has 1 aromatic carbocycles. The van der Waals surface area contributed by atoms with Crippen molar-refractivity contribution in [3.63, 3.8) is 0 Å². The zero-order valence-corrected chi connectivity index (χ0v) is 13.8. The highest BCUT2D eigenvalue weighted by Crippen LogP contribution is 2.20. The average Bonchev–Trinajstić information content (AvgIpc) is 3.11. The van der Waals surface area contributed by atoms with Crippen molar-refractivity contribution in [3.8, 4) is 0 Å². The van der Waals surface area contributed by atoms with Crippen molar-refractivity contribution in [2.24, 2.45) is 0 Å². The van der Waals surface area contributed by atoms with Crippen LogP contribution < -0.4 is 5.32 Å². The van der Waals surface area contributed by atoms with Crippen LogP contribution in [0, 0.1) is 6.92 Å². The smallest absolute Gasteiger partial charge is 0.270 e. The molecule has 8 heteroatoms. The van der Waals surface area contributed by atoms with E-state index in [2.05, 4.69) is 15.5 Å². The molecule has 0 saturated carbocycles. The maximum Gasteiger partial charge on any atom is 0.270 e. The molecule has 7 nitrogen and oxygen atoms in total. The number of rotatable bonds is 4. The third-order valence-corrected chi connectivity index (χ3v) is 3.67. The number of hydrogen-bond acceptors (Lipinski definition) is 4. The average molecular weight is 347 g/mol. The number of nitrogens with zero attached hydrogens (tertiary/aromatic N) is 2. The summed E-state index contributed by atoms with van der Waals surface area (Å²) in [6.45, 7) is 1.61. The predicted octanol–water partition coefficient (Wildman–Crippen LogP) is 2.83. The summed E-state index contributed by atoms with van der Waals surface area (Å²) in [7, 11) is 1.55. The number of anilines is 1. The van der Waals surface area contributed by atoms with Gasteiger partial charge in [-0.25, -0.2) is 0 Å². The summed E-state index contributed by atoms with van der Waals surface area (Å²) in [5.74, 6) is 0.247. The number of nitrogens with one attached hydrogen (secondary N) is 2. The van der Waals surface area contributed by atoms with E-state index < -0.39 is 0 Å². The fourth-order valence-corrected chi connectivity index (χ4v) is 2.50. The van der Waals surface area contributed by atoms with E-state index in [1.807, 2.05) is 0 Å². The zero-order chi connectivity index (χ0) is 17.3. The highest BCUT2D eigenvalue weighted by Gasteiger charge is 2.18. The van der Waals surface area contributed by atoms with Crippen molar-refractivity contribution in [2.75, 3.05) is 18.9 Å². The first-order chi connectivity index (χ1) is 11.4. The standard InChI is InChI=1S/C16H15ClN4O3/c1-9-5-14(20-24-9)19-15(22)8-21(2)16(23)13-7-10-6-11(17)3-4-12(10)18-13/h3-7,18H,8H2,1-2H3,(H,19,20,22). The molecule has 0 bridgehead atoms. The maximum absolute atomic E-state index is 12.4. The van der Waals surface area contributed by atoms with Gasteiger partial charge in [0, 0.05) is 29.0 Å². The van der Waals surface area contributed by atoms with Gasteiger partial charge in [-0.05, 0) is 31.2 Å². The molecule has 0 aliphatic heterocycles. The van der Waals surface area contributed by atoms with Gasteiger partial charge in [0.25, 0.3) is 5.91 Å². The van der Waals surface area contributed by atoms with Crippen molar-refractivity contribution in [2.45, 2.75) is 6.92 Å². The van der Waals surface area contributed by atoms with Crippen LogP contribution in [0.25, 0.3) is 10.9 Å². The molecular formula is C16H15ClN4O3. The molecule has 2 N–H and O–H groups in total. The second-order valence-electron chi connectivity index (χ2n) is 5.45. The molecule has 2 aromatic heterocycles. The Bertz CT molecular complexity index is 915. The van der Waals surface area contributed by atoms with E-state index in [1.165, 1.54) is 4.90 Å². The summed E-state index contributed by atoms with van der Waals surface area (Å²) in [6.07, 6.45) is 0. The molecule has 3 rings (SSSR count). The van der Waals surface area contributed by atoms with Gasteiger partial charge in [-0.1, -0.05) is 16.8 Å². The predicted molar refractivity (Wildman–Crippen MR) is 90.1 cm³/mol. The Morgan fingerprint density at radius 3 is 2.83 bits per heavy atom. The van der Waals surface area contributed by atoms with Gasteiger partial charge in [-0.2, -0.15) is 0 Å². The number of carbonyl (C=O) groups excluding carboxylic acids is 2. The summed E-state index contributed by atoms with van der Waals surface area (Å²) >= 11 is 5.94. The monoisotopic (exact) mass is 346 g/mol. The number of aromatic nitrogens is 2. The first kappa shape index (κ1) is 16.1. The van der Waals surface area contributed by atoms with Gasteiger partial charge in [0.15, 0.2) is 5.82 Å². The Kier molecular flexibility index (Phi) is 4.26. The molecule has 2 heterocycles. The van der Waals surface area contributed by atoms with E-state index in [0.29, 0.717) is 22.3 Å². The molecule has 2 amide bonds. The van der Waals surface area contributed by atoms with E-state index >= 15 is 0 Å². The Hall–Kier alpha value is -2.80. The molecule has 124 valence electrons. The number of halogens is 1. The molecule has 0 spiro atoms. The van der Waals surface area contributed by atoms with Crippen LogP contribution in [-0.2, 0) is 4.79 Å². The van der Waals surface area contributed by atoms with E-state index in [0.717, 1.165) is 10.9 Å². The quantitative estimate of drug-likeness (QED) is 0.760. The van der Waals surface area contributed by atoms with E-state index in [9.17, 15) is 9.59 Å². The van der Waals surface area contributed by atoms with Crippen molar-refractivity contribution in [1.29, 1.82) is 0 Å². The number of fused-ring (bicyclic) bond motifs is 1. The van der Waals surface area contributed by atoms with Crippen LogP contribution in [0.15, 0.2) is 34.9 Å². The molecule has 0 aliphatic carbocycles. The van der Waals surface area contributed by atoms with Crippen LogP contribution in [0.5, 0.6) is 0 Å². The molecule has 0 atom stereocenters. The van der Waals surface area contributed by atoms with Gasteiger partial charge in [0.2, 0.25) is 5.91 Å². The molecule has 0 aliphatic rings. The second kappa shape index (κ2) is 6.37. The van der Waals surface area contributed by atoms with Crippen molar-refractivity contribution in [1.82, 2.24) is 15.0 Å². The molecule has 24 heavy (non-hydrogen) atoms. The van der Waals surface area contributed by atoms with Gasteiger partial charge in [-0.15, -0.1) is 0 Å². The fourth-order valence-electron chi connectivity index (χ4n) is 2.32. The van der Waals surface area contributed by atoms with Gasteiger partial charge < -0.3 is 19.7 Å². The Labute approximate surface area is 142 Å². The lowest BCUT2D eigenvalue weighted by Gasteiger charge is -2.15. The molecule has 3 aromatic rings. The Balaban J connectivity index is 1.67. The first-order valence-electron chi connectivity index (χ1n) is 7.19. The van der Waals surface area contributed by atoms with Crippen molar-refractivity contribution < 1.29 is 14.1 Å². The second-order valence-corrected chi connectivity index (χ2v) is 5.88. The topological polar surface area (TPSA) is 91.2 Å². The van der Waals surface area contributed by atoms with Crippen LogP contribution in [0.1, 0.15) is 16.2 Å². The number of amides is 2. The maximum atomic E-state index is 12.4. The van der Waals surface area contributed by atoms with Crippen molar-refractivity contribution >= 4 is 40.1 Å². The van der Waals surface area contributed by atoms with Gasteiger partial charge >= 0.3 is 0 Å². The van der Waals surface area contributed by atoms with Gasteiger partial charge in [0.05, 0.1) is 6.54 Å². The van der Waals surface area contributed by atoms with Crippen LogP contribution in [-0.4, -0.2) is 40.4 Å². The normalized spacial score (nSPS) is 10.8. The van der Waals surface area contributed by atoms with E-state index in [1.54, 1.807) is 44.3 Å². The highest BCUT2D eigenvalue weighted by atomic mass is 35.5. The Morgan fingerprint density at radius 2 is 2.12 bits per heavy atom. The first-order valence-corrected chi connectivity index (χ1v) is 7.57. The largest absolute Gasteiger partial charge is 0.360 e. The summed E-state index contributed by atoms with van der Waals surface area (Å²) in [4.78, 5) is 28.7. The molecule has 0 fully saturated rings. The number of carbonyl (C=O) groups is 2. The van der Waals surface area contributed by atoms with Crippen LogP contribution in [0.4, 0.5) is 5.82 Å². The zero-order valence-electron chi connectivity index (χ0n) is 13.1. The van der Waals surface area contributed by atoms with Crippen LogP contribution in [0.3, 0.4) is 0 Å². The summed E-state index contributed by atoms with van der Waals surface area (Å²) in [5.41, 5.74) is 1.19. The van der Waals surface area contributed by atoms with Gasteiger partial charge in [0.1, 0.15) is 11.5 Å². The summed E-state index contributed by atoms with van der Waals surface area (Å²) < 4.78 is 4.87. The number of aryl methyl sites for hydroxylation is 1. The number of H-pyrrole nitrogens is 1. The summed E-state index contributed by atoms with van der Waals surface area (Å²) in [5, 5.41) is 7.67. The van der Waals surface area contributed by atoms with E-state index in [-0.39, 0.29) is 18.4 Å². The SMILES string of the molecule is Cc1cc(NC(=O)CN(C)C(=O)c2cc3cc(Cl)ccc3[nH]2)no1. The number of benzene rings is 1. The lowest BCUT2D eigenvalue weighted by atomic mass is 10.2. The van der Waals surface area contributed by atoms with Gasteiger partial charge in [-0.3, -0.25) is 9.59 Å². The minimum atomic E-state index is -0.363. The third-order valence-electron chi connectivity index (χ3n) is 3.44. The minimum absolute atomic E-state index is 0.110. The number of hydrogen-bond donors (Lipinski definition) is 2. The molecule has 0 unspecified atom stereocenters. The molecule has 0 radical (unpaired) electrons. The lowest BCUT2D eigenvalue weighted by Crippen LogP contribution is -2.35. The van der Waals surface area contributed by atoms with Crippen molar-refractivity contribution in [3.05, 3.63) is 46.8 Å². The minimum Gasteiger partial charge on any atom is -0.360 e. The third kappa shape index (κ3) is 3.41. The highest BCUT2D eigenvalue weighted by molar-refractivity contribution is 6.31. The number of likely N-dealkylation sites (N-methyl/N-ethyl adjacent to an activating group) is 1. The fraction of sp³-hybridized carbons (Fsp3) is 0.188. The van der Waals surface area contributed by atoms with E-state index in [4.69, 9.17) is 16.1 Å². The van der Waals surface area contributed by atoms with Crippen LogP contribution in [0.2, 0.25) is 5.02 Å². The number of aromatic amines is 1. The molecule has 0 saturated heterocycles. The molecular weight excluding hydrogens is 332 g/mol. The van der Waals surface area contributed by atoms with Crippen LogP contribution >= 0.6 is 11.6 Å². The summed E-state index contributed by atoms with van der Waals surface area (Å²) in [6, 6.07) is 8.61.